The molecule has 96 valence electrons. The first-order valence-electron chi connectivity index (χ1n) is 6.40. The molecule has 1 aromatic heterocycles. The van der Waals surface area contributed by atoms with E-state index in [0.717, 1.165) is 23.8 Å². The Bertz CT molecular complexity index is 445. The van der Waals surface area contributed by atoms with Crippen molar-refractivity contribution in [1.29, 1.82) is 0 Å². The molecule has 5 heteroatoms. The fraction of sp³-hybridized carbons (Fsp3) is 0.462. The summed E-state index contributed by atoms with van der Waals surface area (Å²) in [5.74, 6) is 0.740. The quantitative estimate of drug-likeness (QED) is 0.849. The summed E-state index contributed by atoms with van der Waals surface area (Å²) in [7, 11) is 0. The van der Waals surface area contributed by atoms with Crippen molar-refractivity contribution in [2.75, 3.05) is 11.9 Å². The molecular formula is C13H19N5. The average Bonchev–Trinajstić information content (AvgIpc) is 2.94. The third-order valence-electron chi connectivity index (χ3n) is 3.23. The summed E-state index contributed by atoms with van der Waals surface area (Å²) in [6.45, 7) is 5.49. The van der Waals surface area contributed by atoms with Crippen LogP contribution < -0.4 is 5.32 Å². The molecule has 2 rings (SSSR count). The van der Waals surface area contributed by atoms with E-state index in [1.807, 2.05) is 12.1 Å². The van der Waals surface area contributed by atoms with E-state index < -0.39 is 0 Å². The second-order valence-electron chi connectivity index (χ2n) is 4.36. The molecule has 5 nitrogen and oxygen atoms in total. The van der Waals surface area contributed by atoms with Gasteiger partial charge in [0, 0.05) is 12.2 Å². The average molecular weight is 245 g/mol. The predicted molar refractivity (Wildman–Crippen MR) is 71.7 cm³/mol. The number of hydrogen-bond acceptors (Lipinski definition) is 4. The minimum atomic E-state index is 0.740. The number of aromatic nitrogens is 4. The van der Waals surface area contributed by atoms with Gasteiger partial charge < -0.3 is 5.32 Å². The molecule has 0 atom stereocenters. The number of tetrazole rings is 1. The molecule has 0 unspecified atom stereocenters. The highest BCUT2D eigenvalue weighted by Crippen LogP contribution is 2.14. The summed E-state index contributed by atoms with van der Waals surface area (Å²) in [4.78, 5) is 0. The maximum Gasteiger partial charge on any atom is 0.143 e. The molecule has 1 aromatic carbocycles. The second kappa shape index (κ2) is 6.14. The van der Waals surface area contributed by atoms with Gasteiger partial charge in [0.25, 0.3) is 0 Å². The van der Waals surface area contributed by atoms with Crippen LogP contribution in [0.15, 0.2) is 30.6 Å². The van der Waals surface area contributed by atoms with Gasteiger partial charge in [-0.2, -0.15) is 0 Å². The SMILES string of the molecule is CCC(CC)CNc1ccc(-n2cnnn2)cc1. The maximum atomic E-state index is 3.85. The van der Waals surface area contributed by atoms with E-state index in [1.54, 1.807) is 11.0 Å². The van der Waals surface area contributed by atoms with Crippen LogP contribution in [-0.2, 0) is 0 Å². The normalized spacial score (nSPS) is 10.8. The van der Waals surface area contributed by atoms with E-state index in [9.17, 15) is 0 Å². The van der Waals surface area contributed by atoms with Crippen LogP contribution in [0.3, 0.4) is 0 Å². The fourth-order valence-corrected chi connectivity index (χ4v) is 1.85. The van der Waals surface area contributed by atoms with Gasteiger partial charge in [-0.25, -0.2) is 4.68 Å². The number of nitrogens with zero attached hydrogens (tertiary/aromatic N) is 4. The van der Waals surface area contributed by atoms with Gasteiger partial charge in [-0.05, 0) is 40.6 Å². The lowest BCUT2D eigenvalue weighted by Crippen LogP contribution is -2.12. The number of nitrogens with one attached hydrogen (secondary N) is 1. The van der Waals surface area contributed by atoms with Gasteiger partial charge in [-0.3, -0.25) is 0 Å². The number of anilines is 1. The first-order chi connectivity index (χ1) is 8.83. The van der Waals surface area contributed by atoms with E-state index in [2.05, 4.69) is 46.8 Å². The van der Waals surface area contributed by atoms with Crippen molar-refractivity contribution in [2.24, 2.45) is 5.92 Å². The zero-order chi connectivity index (χ0) is 12.8. The molecule has 0 saturated carbocycles. The van der Waals surface area contributed by atoms with Gasteiger partial charge in [0.1, 0.15) is 6.33 Å². The molecular weight excluding hydrogens is 226 g/mol. The van der Waals surface area contributed by atoms with Crippen LogP contribution in [0.5, 0.6) is 0 Å². The monoisotopic (exact) mass is 245 g/mol. The molecule has 18 heavy (non-hydrogen) atoms. The Kier molecular flexibility index (Phi) is 4.28. The van der Waals surface area contributed by atoms with Crippen LogP contribution in [0.1, 0.15) is 26.7 Å². The van der Waals surface area contributed by atoms with Gasteiger partial charge in [0.15, 0.2) is 0 Å². The van der Waals surface area contributed by atoms with Crippen molar-refractivity contribution in [3.8, 4) is 5.69 Å². The molecule has 0 aliphatic heterocycles. The Balaban J connectivity index is 1.96. The van der Waals surface area contributed by atoms with Gasteiger partial charge in [0.05, 0.1) is 5.69 Å². The van der Waals surface area contributed by atoms with Crippen molar-refractivity contribution in [1.82, 2.24) is 20.2 Å². The molecule has 0 saturated heterocycles. The third kappa shape index (κ3) is 3.06. The smallest absolute Gasteiger partial charge is 0.143 e. The highest BCUT2D eigenvalue weighted by atomic mass is 15.5. The summed E-state index contributed by atoms with van der Waals surface area (Å²) >= 11 is 0. The molecule has 0 spiro atoms. The second-order valence-corrected chi connectivity index (χ2v) is 4.36. The molecule has 0 aliphatic carbocycles. The van der Waals surface area contributed by atoms with Crippen LogP contribution in [0.4, 0.5) is 5.69 Å². The summed E-state index contributed by atoms with van der Waals surface area (Å²) in [5, 5.41) is 14.5. The molecule has 0 amide bonds. The standard InChI is InChI=1S/C13H19N5/c1-3-11(4-2)9-14-12-5-7-13(8-6-12)18-10-15-16-17-18/h5-8,10-11,14H,3-4,9H2,1-2H3. The molecule has 0 aliphatic rings. The van der Waals surface area contributed by atoms with Crippen LogP contribution >= 0.6 is 0 Å². The molecule has 0 fully saturated rings. The van der Waals surface area contributed by atoms with Crippen LogP contribution in [0.2, 0.25) is 0 Å². The van der Waals surface area contributed by atoms with Crippen molar-refractivity contribution in [3.05, 3.63) is 30.6 Å². The number of rotatable bonds is 6. The minimum Gasteiger partial charge on any atom is -0.385 e. The van der Waals surface area contributed by atoms with Crippen molar-refractivity contribution in [3.63, 3.8) is 0 Å². The van der Waals surface area contributed by atoms with Crippen LogP contribution in [0, 0.1) is 5.92 Å². The van der Waals surface area contributed by atoms with Crippen molar-refractivity contribution < 1.29 is 0 Å². The Hall–Kier alpha value is -1.91. The topological polar surface area (TPSA) is 55.6 Å². The Morgan fingerprint density at radius 1 is 1.17 bits per heavy atom. The maximum absolute atomic E-state index is 3.85. The highest BCUT2D eigenvalue weighted by molar-refractivity contribution is 5.48. The van der Waals surface area contributed by atoms with Crippen LogP contribution in [0.25, 0.3) is 5.69 Å². The molecule has 0 radical (unpaired) electrons. The zero-order valence-electron chi connectivity index (χ0n) is 10.9. The summed E-state index contributed by atoms with van der Waals surface area (Å²) in [5.41, 5.74) is 2.10. The predicted octanol–water partition coefficient (Wildman–Crippen LogP) is 2.51. The first-order valence-corrected chi connectivity index (χ1v) is 6.40. The van der Waals surface area contributed by atoms with Crippen molar-refractivity contribution in [2.45, 2.75) is 26.7 Å². The van der Waals surface area contributed by atoms with E-state index in [4.69, 9.17) is 0 Å². The van der Waals surface area contributed by atoms with Gasteiger partial charge in [-0.15, -0.1) is 5.10 Å². The van der Waals surface area contributed by atoms with Crippen molar-refractivity contribution >= 4 is 5.69 Å². The summed E-state index contributed by atoms with van der Waals surface area (Å²) in [6.07, 6.45) is 4.02. The van der Waals surface area contributed by atoms with Crippen LogP contribution in [-0.4, -0.2) is 26.8 Å². The fourth-order valence-electron chi connectivity index (χ4n) is 1.85. The zero-order valence-corrected chi connectivity index (χ0v) is 10.9. The van der Waals surface area contributed by atoms with Gasteiger partial charge in [0.2, 0.25) is 0 Å². The van der Waals surface area contributed by atoms with E-state index in [-0.39, 0.29) is 0 Å². The largest absolute Gasteiger partial charge is 0.385 e. The lowest BCUT2D eigenvalue weighted by atomic mass is 10.0. The number of benzene rings is 1. The molecule has 0 bridgehead atoms. The third-order valence-corrected chi connectivity index (χ3v) is 3.23. The summed E-state index contributed by atoms with van der Waals surface area (Å²) in [6, 6.07) is 8.12. The molecule has 2 aromatic rings. The summed E-state index contributed by atoms with van der Waals surface area (Å²) < 4.78 is 1.64. The van der Waals surface area contributed by atoms with Gasteiger partial charge in [-0.1, -0.05) is 26.7 Å². The lowest BCUT2D eigenvalue weighted by Gasteiger charge is -2.14. The van der Waals surface area contributed by atoms with E-state index in [1.165, 1.54) is 12.8 Å². The molecule has 1 N–H and O–H groups in total. The highest BCUT2D eigenvalue weighted by Gasteiger charge is 2.03. The minimum absolute atomic E-state index is 0.740. The van der Waals surface area contributed by atoms with Gasteiger partial charge >= 0.3 is 0 Å². The Morgan fingerprint density at radius 2 is 1.89 bits per heavy atom. The Morgan fingerprint density at radius 3 is 2.44 bits per heavy atom. The lowest BCUT2D eigenvalue weighted by molar-refractivity contribution is 0.519. The first kappa shape index (κ1) is 12.5. The van der Waals surface area contributed by atoms with E-state index >= 15 is 0 Å². The van der Waals surface area contributed by atoms with E-state index in [0.29, 0.717) is 0 Å². The Labute approximate surface area is 107 Å². The number of hydrogen-bond donors (Lipinski definition) is 1. The molecule has 1 heterocycles.